The Labute approximate surface area is 264 Å². The average Bonchev–Trinajstić information content (AvgIpc) is 3.38. The highest BCUT2D eigenvalue weighted by Crippen LogP contribution is 2.37. The predicted molar refractivity (Wildman–Crippen MR) is 170 cm³/mol. The van der Waals surface area contributed by atoms with Crippen LogP contribution in [0, 0.1) is 6.92 Å². The Balaban J connectivity index is 1.21. The molecule has 4 aliphatic heterocycles. The number of ether oxygens (including phenoxy) is 3. The second kappa shape index (κ2) is 11.9. The van der Waals surface area contributed by atoms with Crippen LogP contribution in [0.15, 0.2) is 30.6 Å². The number of aromatic nitrogens is 2. The molecular weight excluding hydrogens is 572 g/mol. The third kappa shape index (κ3) is 6.01. The van der Waals surface area contributed by atoms with Crippen LogP contribution in [0.5, 0.6) is 0 Å². The molecule has 4 aliphatic rings. The molecule has 11 heteroatoms. The fourth-order valence-electron chi connectivity index (χ4n) is 6.93. The summed E-state index contributed by atoms with van der Waals surface area (Å²) in [6.45, 7) is 14.9. The quantitative estimate of drug-likeness (QED) is 0.467. The maximum Gasteiger partial charge on any atom is 0.410 e. The molecule has 0 radical (unpaired) electrons. The number of amides is 3. The molecule has 0 bridgehead atoms. The monoisotopic (exact) mass is 616 g/mol. The fourth-order valence-corrected chi connectivity index (χ4v) is 6.93. The van der Waals surface area contributed by atoms with Crippen molar-refractivity contribution in [3.8, 4) is 11.1 Å². The van der Waals surface area contributed by atoms with Gasteiger partial charge < -0.3 is 29.0 Å². The number of nitrogens with zero attached hydrogens (tertiary/aromatic N) is 5. The van der Waals surface area contributed by atoms with Gasteiger partial charge in [-0.3, -0.25) is 9.80 Å². The van der Waals surface area contributed by atoms with Crippen molar-refractivity contribution in [3.05, 3.63) is 52.8 Å². The number of aromatic amines is 1. The molecule has 1 atom stereocenters. The number of hydrogen-bond acceptors (Lipinski definition) is 7. The predicted octanol–water partition coefficient (Wildman–Crippen LogP) is 4.34. The van der Waals surface area contributed by atoms with Gasteiger partial charge >= 0.3 is 12.1 Å². The molecule has 3 aromatic rings. The van der Waals surface area contributed by atoms with Gasteiger partial charge in [0.15, 0.2) is 0 Å². The molecule has 1 aromatic carbocycles. The molecule has 3 amide bonds. The number of benzene rings is 1. The number of morpholine rings is 1. The van der Waals surface area contributed by atoms with Crippen LogP contribution in [0.2, 0.25) is 0 Å². The van der Waals surface area contributed by atoms with Gasteiger partial charge in [0.25, 0.3) is 0 Å². The van der Waals surface area contributed by atoms with Crippen LogP contribution in [0.25, 0.3) is 22.2 Å². The van der Waals surface area contributed by atoms with Crippen molar-refractivity contribution in [2.24, 2.45) is 0 Å². The Kier molecular flexibility index (Phi) is 7.95. The van der Waals surface area contributed by atoms with E-state index in [2.05, 4.69) is 35.0 Å². The SMILES string of the molecule is Cc1c[nH]c2ncc(-c3cc4c(c([C@@H]5COCCN5C(=O)OC(C)(C)C)c3)CN(C(=O)N3CCN(C5COC5)CC3)CC4)cc12. The van der Waals surface area contributed by atoms with Crippen molar-refractivity contribution in [1.29, 1.82) is 0 Å². The third-order valence-electron chi connectivity index (χ3n) is 9.56. The van der Waals surface area contributed by atoms with E-state index in [-0.39, 0.29) is 18.2 Å². The molecule has 1 N–H and O–H groups in total. The number of urea groups is 1. The molecule has 7 rings (SSSR count). The Bertz CT molecular complexity index is 1590. The molecule has 11 nitrogen and oxygen atoms in total. The Morgan fingerprint density at radius 2 is 1.76 bits per heavy atom. The van der Waals surface area contributed by atoms with E-state index < -0.39 is 5.60 Å². The van der Waals surface area contributed by atoms with Crippen LogP contribution in [-0.4, -0.2) is 119 Å². The summed E-state index contributed by atoms with van der Waals surface area (Å²) in [5.74, 6) is 0. The van der Waals surface area contributed by atoms with E-state index >= 15 is 0 Å². The first-order valence-corrected chi connectivity index (χ1v) is 16.2. The van der Waals surface area contributed by atoms with Crippen molar-refractivity contribution in [3.63, 3.8) is 0 Å². The summed E-state index contributed by atoms with van der Waals surface area (Å²) in [5, 5.41) is 1.09. The van der Waals surface area contributed by atoms with Crippen LogP contribution < -0.4 is 0 Å². The minimum Gasteiger partial charge on any atom is -0.444 e. The summed E-state index contributed by atoms with van der Waals surface area (Å²) < 4.78 is 17.2. The largest absolute Gasteiger partial charge is 0.444 e. The molecule has 0 saturated carbocycles. The highest BCUT2D eigenvalue weighted by atomic mass is 16.6. The Morgan fingerprint density at radius 1 is 0.956 bits per heavy atom. The number of carbonyl (C=O) groups is 2. The number of piperazine rings is 1. The van der Waals surface area contributed by atoms with Gasteiger partial charge in [-0.05, 0) is 74.1 Å². The summed E-state index contributed by atoms with van der Waals surface area (Å²) in [4.78, 5) is 43.5. The lowest BCUT2D eigenvalue weighted by Gasteiger charge is -2.44. The summed E-state index contributed by atoms with van der Waals surface area (Å²) in [6.07, 6.45) is 4.27. The van der Waals surface area contributed by atoms with Gasteiger partial charge in [0.05, 0.1) is 38.5 Å². The van der Waals surface area contributed by atoms with E-state index in [0.717, 1.165) is 84.7 Å². The van der Waals surface area contributed by atoms with Crippen LogP contribution in [0.4, 0.5) is 9.59 Å². The van der Waals surface area contributed by atoms with E-state index in [1.54, 1.807) is 4.90 Å². The number of hydrogen-bond donors (Lipinski definition) is 1. The molecule has 0 aliphatic carbocycles. The summed E-state index contributed by atoms with van der Waals surface area (Å²) in [5.41, 5.74) is 6.75. The van der Waals surface area contributed by atoms with Gasteiger partial charge in [-0.2, -0.15) is 0 Å². The van der Waals surface area contributed by atoms with Gasteiger partial charge in [-0.25, -0.2) is 14.6 Å². The van der Waals surface area contributed by atoms with Crippen molar-refractivity contribution in [2.45, 2.75) is 58.3 Å². The van der Waals surface area contributed by atoms with Gasteiger partial charge in [0.1, 0.15) is 11.2 Å². The van der Waals surface area contributed by atoms with E-state index in [1.807, 2.05) is 43.0 Å². The minimum atomic E-state index is -0.615. The topological polar surface area (TPSA) is 103 Å². The molecule has 240 valence electrons. The van der Waals surface area contributed by atoms with Crippen LogP contribution >= 0.6 is 0 Å². The zero-order valence-corrected chi connectivity index (χ0v) is 26.8. The number of nitrogens with one attached hydrogen (secondary N) is 1. The lowest BCUT2D eigenvalue weighted by atomic mass is 9.87. The summed E-state index contributed by atoms with van der Waals surface area (Å²) in [6, 6.07) is 6.83. The molecular formula is C34H44N6O5. The molecule has 0 spiro atoms. The van der Waals surface area contributed by atoms with E-state index in [4.69, 9.17) is 19.2 Å². The van der Waals surface area contributed by atoms with Gasteiger partial charge in [-0.15, -0.1) is 0 Å². The second-order valence-corrected chi connectivity index (χ2v) is 13.7. The zero-order chi connectivity index (χ0) is 31.3. The van der Waals surface area contributed by atoms with E-state index in [1.165, 1.54) is 5.56 Å². The normalized spacial score (nSPS) is 21.5. The lowest BCUT2D eigenvalue weighted by molar-refractivity contribution is -0.0747. The highest BCUT2D eigenvalue weighted by molar-refractivity contribution is 5.85. The van der Waals surface area contributed by atoms with Crippen molar-refractivity contribution in [2.75, 3.05) is 65.7 Å². The Hall–Kier alpha value is -3.67. The van der Waals surface area contributed by atoms with Crippen molar-refractivity contribution in [1.82, 2.24) is 29.6 Å². The maximum absolute atomic E-state index is 13.8. The van der Waals surface area contributed by atoms with Crippen LogP contribution in [0.3, 0.4) is 0 Å². The zero-order valence-electron chi connectivity index (χ0n) is 26.8. The van der Waals surface area contributed by atoms with Crippen LogP contribution in [-0.2, 0) is 27.2 Å². The van der Waals surface area contributed by atoms with Gasteiger partial charge in [0, 0.05) is 69.2 Å². The van der Waals surface area contributed by atoms with Crippen LogP contribution in [0.1, 0.15) is 49.1 Å². The number of rotatable bonds is 3. The number of H-pyrrole nitrogens is 1. The fraction of sp³-hybridized carbons (Fsp3) is 0.559. The lowest BCUT2D eigenvalue weighted by Crippen LogP contribution is -2.59. The second-order valence-electron chi connectivity index (χ2n) is 13.7. The smallest absolute Gasteiger partial charge is 0.410 e. The van der Waals surface area contributed by atoms with Gasteiger partial charge in [0.2, 0.25) is 0 Å². The number of pyridine rings is 1. The average molecular weight is 617 g/mol. The Morgan fingerprint density at radius 3 is 2.49 bits per heavy atom. The number of fused-ring (bicyclic) bond motifs is 2. The maximum atomic E-state index is 13.8. The molecule has 3 fully saturated rings. The van der Waals surface area contributed by atoms with Crippen molar-refractivity contribution >= 4 is 23.2 Å². The molecule has 2 aromatic heterocycles. The molecule has 6 heterocycles. The first-order valence-electron chi connectivity index (χ1n) is 16.2. The van der Waals surface area contributed by atoms with E-state index in [0.29, 0.717) is 38.9 Å². The summed E-state index contributed by atoms with van der Waals surface area (Å²) >= 11 is 0. The molecule has 0 unspecified atom stereocenters. The number of aryl methyl sites for hydroxylation is 1. The third-order valence-corrected chi connectivity index (χ3v) is 9.56. The summed E-state index contributed by atoms with van der Waals surface area (Å²) in [7, 11) is 0. The van der Waals surface area contributed by atoms with Crippen molar-refractivity contribution < 1.29 is 23.8 Å². The minimum absolute atomic E-state index is 0.0849. The van der Waals surface area contributed by atoms with E-state index in [9.17, 15) is 9.59 Å². The molecule has 3 saturated heterocycles. The number of carbonyl (C=O) groups excluding carboxylic acids is 2. The van der Waals surface area contributed by atoms with Gasteiger partial charge in [-0.1, -0.05) is 6.07 Å². The highest BCUT2D eigenvalue weighted by Gasteiger charge is 2.37. The first kappa shape index (κ1) is 30.0. The standard InChI is InChI=1S/C34H44N6O5/c1-22-16-35-31-27(22)15-25(17-36-31)24-13-23-5-6-39(32(41)38-9-7-37(8-10-38)26-19-44-20-26)18-29(23)28(14-24)30-21-43-12-11-40(30)33(42)45-34(2,3)4/h13-17,26,30H,5-12,18-21H2,1-4H3,(H,35,36)/t30-/m0/s1. The molecule has 45 heavy (non-hydrogen) atoms. The first-order chi connectivity index (χ1) is 21.6.